The van der Waals surface area contributed by atoms with Gasteiger partial charge in [-0.2, -0.15) is 0 Å². The molecule has 0 saturated heterocycles. The molecule has 326 valence electrons. The van der Waals surface area contributed by atoms with E-state index in [2.05, 4.69) is 196 Å². The Labute approximate surface area is 400 Å². The number of hydrogen-bond donors (Lipinski definition) is 0. The van der Waals surface area contributed by atoms with Crippen LogP contribution in [0.5, 0.6) is 0 Å². The van der Waals surface area contributed by atoms with Crippen LogP contribution < -0.4 is 0 Å². The summed E-state index contributed by atoms with van der Waals surface area (Å²) in [6.07, 6.45) is 0. The minimum atomic E-state index is 0.569. The molecule has 0 N–H and O–H groups in total. The second-order valence-electron chi connectivity index (χ2n) is 17.9. The molecule has 7 nitrogen and oxygen atoms in total. The summed E-state index contributed by atoms with van der Waals surface area (Å²) in [4.78, 5) is 15.9. The predicted molar refractivity (Wildman–Crippen MR) is 286 cm³/mol. The van der Waals surface area contributed by atoms with Crippen LogP contribution in [-0.2, 0) is 0 Å². The molecule has 15 rings (SSSR count). The van der Waals surface area contributed by atoms with E-state index >= 15 is 0 Å². The highest BCUT2D eigenvalue weighted by molar-refractivity contribution is 6.19. The highest BCUT2D eigenvalue weighted by Crippen LogP contribution is 2.45. The van der Waals surface area contributed by atoms with E-state index in [1.165, 1.54) is 21.5 Å². The molecule has 0 unspecified atom stereocenters. The van der Waals surface area contributed by atoms with Crippen molar-refractivity contribution in [1.82, 2.24) is 28.7 Å². The maximum atomic E-state index is 6.26. The summed E-state index contributed by atoms with van der Waals surface area (Å²) < 4.78 is 13.6. The van der Waals surface area contributed by atoms with Gasteiger partial charge in [0.1, 0.15) is 11.2 Å². The SMILES string of the molecule is c1ccc(-c2nc(-c3ccc4oc5ccccc5c4c3)nc(-c3ccccc3-n3c4cccc(-n5c6ccccc6c6ccccc65)c4c4cccc(-n5c6ccccc6c6ccccc65)c43)n2)cc1. The van der Waals surface area contributed by atoms with Gasteiger partial charge in [-0.1, -0.05) is 152 Å². The van der Waals surface area contributed by atoms with Crippen molar-refractivity contribution < 1.29 is 4.42 Å². The molecule has 0 aliphatic rings. The van der Waals surface area contributed by atoms with Gasteiger partial charge in [-0.3, -0.25) is 0 Å². The monoisotopic (exact) mass is 894 g/mol. The molecule has 0 spiro atoms. The number of hydrogen-bond acceptors (Lipinski definition) is 4. The number of nitrogens with zero attached hydrogens (tertiary/aromatic N) is 6. The highest BCUT2D eigenvalue weighted by atomic mass is 16.3. The van der Waals surface area contributed by atoms with Gasteiger partial charge in [0, 0.05) is 59.8 Å². The topological polar surface area (TPSA) is 66.6 Å². The van der Waals surface area contributed by atoms with E-state index in [0.717, 1.165) is 99.6 Å². The first kappa shape index (κ1) is 38.5. The lowest BCUT2D eigenvalue weighted by atomic mass is 10.1. The van der Waals surface area contributed by atoms with E-state index in [4.69, 9.17) is 19.4 Å². The molecule has 0 amide bonds. The fourth-order valence-electron chi connectivity index (χ4n) is 11.1. The van der Waals surface area contributed by atoms with Crippen LogP contribution >= 0.6 is 0 Å². The number of fused-ring (bicyclic) bond motifs is 12. The first-order valence-electron chi connectivity index (χ1n) is 23.6. The third-order valence-corrected chi connectivity index (χ3v) is 14.1. The number of para-hydroxylation sites is 7. The van der Waals surface area contributed by atoms with Gasteiger partial charge in [0.05, 0.1) is 50.2 Å². The van der Waals surface area contributed by atoms with E-state index in [-0.39, 0.29) is 0 Å². The third kappa shape index (κ3) is 5.60. The molecule has 15 aromatic rings. The first-order chi connectivity index (χ1) is 34.7. The molecule has 10 aromatic carbocycles. The van der Waals surface area contributed by atoms with Gasteiger partial charge in [0.25, 0.3) is 0 Å². The molecule has 0 aliphatic heterocycles. The van der Waals surface area contributed by atoms with Crippen molar-refractivity contribution >= 4 is 87.4 Å². The Morgan fingerprint density at radius 3 is 1.44 bits per heavy atom. The molecular weight excluding hydrogens is 857 g/mol. The number of furan rings is 1. The zero-order valence-electron chi connectivity index (χ0n) is 37.5. The molecule has 0 saturated carbocycles. The molecule has 5 heterocycles. The van der Waals surface area contributed by atoms with Gasteiger partial charge in [-0.25, -0.2) is 15.0 Å². The molecule has 0 bridgehead atoms. The molecule has 0 fully saturated rings. The van der Waals surface area contributed by atoms with Gasteiger partial charge < -0.3 is 18.1 Å². The Kier molecular flexibility index (Phi) is 8.23. The lowest BCUT2D eigenvalue weighted by Crippen LogP contribution is -2.05. The fraction of sp³-hybridized carbons (Fsp3) is 0. The smallest absolute Gasteiger partial charge is 0.166 e. The average Bonchev–Trinajstić information content (AvgIpc) is 4.17. The zero-order chi connectivity index (χ0) is 45.9. The Morgan fingerprint density at radius 2 is 0.757 bits per heavy atom. The quantitative estimate of drug-likeness (QED) is 0.167. The largest absolute Gasteiger partial charge is 0.456 e. The van der Waals surface area contributed by atoms with Crippen LogP contribution in [0.25, 0.3) is 139 Å². The second-order valence-corrected chi connectivity index (χ2v) is 17.9. The first-order valence-corrected chi connectivity index (χ1v) is 23.6. The van der Waals surface area contributed by atoms with E-state index in [1.54, 1.807) is 0 Å². The number of aromatic nitrogens is 6. The van der Waals surface area contributed by atoms with E-state index in [1.807, 2.05) is 48.5 Å². The van der Waals surface area contributed by atoms with Crippen LogP contribution in [0.15, 0.2) is 235 Å². The van der Waals surface area contributed by atoms with Gasteiger partial charge in [-0.15, -0.1) is 0 Å². The molecule has 0 atom stereocenters. The van der Waals surface area contributed by atoms with Gasteiger partial charge >= 0.3 is 0 Å². The maximum Gasteiger partial charge on any atom is 0.166 e. The summed E-state index contributed by atoms with van der Waals surface area (Å²) >= 11 is 0. The van der Waals surface area contributed by atoms with E-state index < -0.39 is 0 Å². The zero-order valence-corrected chi connectivity index (χ0v) is 37.5. The summed E-state index contributed by atoms with van der Waals surface area (Å²) in [7, 11) is 0. The summed E-state index contributed by atoms with van der Waals surface area (Å²) in [6, 6.07) is 81.6. The van der Waals surface area contributed by atoms with Crippen LogP contribution in [0.4, 0.5) is 0 Å². The Morgan fingerprint density at radius 1 is 0.286 bits per heavy atom. The molecule has 0 aliphatic carbocycles. The van der Waals surface area contributed by atoms with Gasteiger partial charge in [-0.05, 0) is 78.9 Å². The lowest BCUT2D eigenvalue weighted by molar-refractivity contribution is 0.669. The van der Waals surface area contributed by atoms with Gasteiger partial charge in [0.15, 0.2) is 17.5 Å². The summed E-state index contributed by atoms with van der Waals surface area (Å²) in [5.74, 6) is 1.74. The molecule has 7 heteroatoms. The maximum absolute atomic E-state index is 6.26. The second kappa shape index (κ2) is 15.0. The standard InChI is InChI=1S/C63H38N6O/c1-2-18-39(19-3-1)61-64-62(40-36-37-58-48(38-40)45-24-9-15-35-57(45)70-58)66-63(65-61)46-25-8-14-31-53(46)69-55-33-17-32-54(67-49-27-10-4-20-41(49)42-21-5-11-28-50(42)67)59(55)47-26-16-34-56(60(47)69)68-51-29-12-6-22-43(51)44-23-7-13-30-52(44)68/h1-38H. The minimum Gasteiger partial charge on any atom is -0.456 e. The molecule has 70 heavy (non-hydrogen) atoms. The van der Waals surface area contributed by atoms with Crippen molar-refractivity contribution in [2.24, 2.45) is 0 Å². The minimum absolute atomic E-state index is 0.569. The van der Waals surface area contributed by atoms with Crippen LogP contribution in [-0.4, -0.2) is 28.7 Å². The van der Waals surface area contributed by atoms with Crippen LogP contribution in [0.3, 0.4) is 0 Å². The van der Waals surface area contributed by atoms with E-state index in [9.17, 15) is 0 Å². The highest BCUT2D eigenvalue weighted by Gasteiger charge is 2.26. The average molecular weight is 895 g/mol. The van der Waals surface area contributed by atoms with Crippen molar-refractivity contribution in [3.05, 3.63) is 231 Å². The Balaban J connectivity index is 1.06. The molecular formula is C63H38N6O. The van der Waals surface area contributed by atoms with Crippen molar-refractivity contribution in [2.75, 3.05) is 0 Å². The van der Waals surface area contributed by atoms with Crippen LogP contribution in [0.2, 0.25) is 0 Å². The van der Waals surface area contributed by atoms with Gasteiger partial charge in [0.2, 0.25) is 0 Å². The normalized spacial score (nSPS) is 12.0. The molecule has 5 aromatic heterocycles. The predicted octanol–water partition coefficient (Wildman–Crippen LogP) is 16.1. The number of rotatable bonds is 6. The van der Waals surface area contributed by atoms with Crippen molar-refractivity contribution in [1.29, 1.82) is 0 Å². The summed E-state index contributed by atoms with van der Waals surface area (Å²) in [5, 5.41) is 9.18. The van der Waals surface area contributed by atoms with Crippen molar-refractivity contribution in [3.8, 4) is 51.2 Å². The van der Waals surface area contributed by atoms with Crippen LogP contribution in [0, 0.1) is 0 Å². The van der Waals surface area contributed by atoms with E-state index in [0.29, 0.717) is 17.5 Å². The molecule has 0 radical (unpaired) electrons. The fourth-order valence-corrected chi connectivity index (χ4v) is 11.1. The Hall–Kier alpha value is -9.59. The number of benzene rings is 10. The van der Waals surface area contributed by atoms with Crippen LogP contribution in [0.1, 0.15) is 0 Å². The third-order valence-electron chi connectivity index (χ3n) is 14.1. The van der Waals surface area contributed by atoms with Crippen molar-refractivity contribution in [3.63, 3.8) is 0 Å². The summed E-state index contributed by atoms with van der Waals surface area (Å²) in [5.41, 5.74) is 14.1. The lowest BCUT2D eigenvalue weighted by Gasteiger charge is -2.17. The van der Waals surface area contributed by atoms with Crippen molar-refractivity contribution in [2.45, 2.75) is 0 Å². The Bertz CT molecular complexity index is 4500. The summed E-state index contributed by atoms with van der Waals surface area (Å²) in [6.45, 7) is 0.